The number of methoxy groups -OCH3 is 2. The van der Waals surface area contributed by atoms with E-state index in [2.05, 4.69) is 37.8 Å². The summed E-state index contributed by atoms with van der Waals surface area (Å²) in [5, 5.41) is 0.508. The number of halogens is 1. The Kier molecular flexibility index (Phi) is 6.33. The van der Waals surface area contributed by atoms with Crippen molar-refractivity contribution < 1.29 is 14.3 Å². The number of carbonyl (C=O) groups excluding carboxylic acids is 1. The molecule has 0 aromatic heterocycles. The summed E-state index contributed by atoms with van der Waals surface area (Å²) in [4.78, 5) is 15.7. The van der Waals surface area contributed by atoms with E-state index in [9.17, 15) is 4.79 Å². The van der Waals surface area contributed by atoms with Crippen molar-refractivity contribution in [3.05, 3.63) is 76.5 Å². The van der Waals surface area contributed by atoms with Crippen molar-refractivity contribution >= 4 is 23.1 Å². The fourth-order valence-corrected chi connectivity index (χ4v) is 3.81. The van der Waals surface area contributed by atoms with Crippen LogP contribution in [0.4, 0.5) is 5.69 Å². The molecule has 0 amide bonds. The number of anilines is 1. The summed E-state index contributed by atoms with van der Waals surface area (Å²) >= 11 is 6.28. The third kappa shape index (κ3) is 4.18. The van der Waals surface area contributed by atoms with Gasteiger partial charge in [-0.3, -0.25) is 4.79 Å². The van der Waals surface area contributed by atoms with E-state index in [0.717, 1.165) is 5.69 Å². The molecule has 4 nitrogen and oxygen atoms in total. The predicted molar refractivity (Wildman–Crippen MR) is 118 cm³/mol. The summed E-state index contributed by atoms with van der Waals surface area (Å²) < 4.78 is 10.8. The third-order valence-electron chi connectivity index (χ3n) is 5.04. The van der Waals surface area contributed by atoms with Crippen molar-refractivity contribution in [2.24, 2.45) is 5.92 Å². The Morgan fingerprint density at radius 1 is 1.10 bits per heavy atom. The van der Waals surface area contributed by atoms with Crippen LogP contribution in [0.15, 0.2) is 60.3 Å². The molecule has 1 aliphatic heterocycles. The van der Waals surface area contributed by atoms with Crippen LogP contribution in [0.1, 0.15) is 36.7 Å². The molecule has 1 aliphatic rings. The number of para-hydroxylation sites is 1. The first-order valence-corrected chi connectivity index (χ1v) is 9.92. The smallest absolute Gasteiger partial charge is 0.199 e. The van der Waals surface area contributed by atoms with Gasteiger partial charge in [-0.15, -0.1) is 0 Å². The van der Waals surface area contributed by atoms with Crippen molar-refractivity contribution in [2.45, 2.75) is 26.8 Å². The molecule has 0 fully saturated rings. The molecule has 152 valence electrons. The van der Waals surface area contributed by atoms with E-state index in [4.69, 9.17) is 21.1 Å². The standard InChI is InChI=1S/C24H26ClNO3/c1-15(2)13-21-16(3)11-12-26(21)20-10-9-17(25)14-19(20)23(27)18-7-6-8-22(28-4)24(18)29-5/h6-14,16,21H,1-5H3. The first kappa shape index (κ1) is 21.0. The molecule has 0 radical (unpaired) electrons. The average molecular weight is 412 g/mol. The van der Waals surface area contributed by atoms with Crippen LogP contribution in [0.3, 0.4) is 0 Å². The zero-order valence-electron chi connectivity index (χ0n) is 17.4. The van der Waals surface area contributed by atoms with Crippen LogP contribution < -0.4 is 14.4 Å². The minimum atomic E-state index is -0.165. The lowest BCUT2D eigenvalue weighted by Crippen LogP contribution is -2.30. The molecule has 2 unspecified atom stereocenters. The van der Waals surface area contributed by atoms with Crippen LogP contribution in [0.2, 0.25) is 5.02 Å². The van der Waals surface area contributed by atoms with Gasteiger partial charge in [0, 0.05) is 22.7 Å². The Balaban J connectivity index is 2.13. The van der Waals surface area contributed by atoms with Crippen LogP contribution in [0.5, 0.6) is 11.5 Å². The highest BCUT2D eigenvalue weighted by molar-refractivity contribution is 6.31. The predicted octanol–water partition coefficient (Wildman–Crippen LogP) is 5.89. The van der Waals surface area contributed by atoms with E-state index in [1.807, 2.05) is 18.3 Å². The maximum absolute atomic E-state index is 13.6. The number of carbonyl (C=O) groups is 1. The van der Waals surface area contributed by atoms with E-state index in [0.29, 0.717) is 33.6 Å². The monoisotopic (exact) mass is 411 g/mol. The zero-order chi connectivity index (χ0) is 21.1. The Labute approximate surface area is 177 Å². The fraction of sp³-hybridized carbons (Fsp3) is 0.292. The molecule has 0 saturated carbocycles. The van der Waals surface area contributed by atoms with Gasteiger partial charge in [0.15, 0.2) is 17.3 Å². The van der Waals surface area contributed by atoms with Gasteiger partial charge in [-0.1, -0.05) is 42.3 Å². The number of allylic oxidation sites excluding steroid dienone is 1. The summed E-state index contributed by atoms with van der Waals surface area (Å²) in [6.45, 7) is 6.33. The van der Waals surface area contributed by atoms with Crippen molar-refractivity contribution in [2.75, 3.05) is 19.1 Å². The minimum Gasteiger partial charge on any atom is -0.493 e. The highest BCUT2D eigenvalue weighted by Gasteiger charge is 2.29. The van der Waals surface area contributed by atoms with E-state index in [-0.39, 0.29) is 11.8 Å². The second-order valence-corrected chi connectivity index (χ2v) is 7.81. The maximum atomic E-state index is 13.6. The normalized spacial score (nSPS) is 17.9. The highest BCUT2D eigenvalue weighted by atomic mass is 35.5. The number of nitrogens with zero attached hydrogens (tertiary/aromatic N) is 1. The second-order valence-electron chi connectivity index (χ2n) is 7.37. The number of ether oxygens (including phenoxy) is 2. The number of rotatable bonds is 6. The van der Waals surface area contributed by atoms with Crippen LogP contribution in [0.25, 0.3) is 0 Å². The molecule has 2 atom stereocenters. The molecule has 0 spiro atoms. The molecule has 0 saturated heterocycles. The number of ketones is 1. The number of benzene rings is 2. The molecular weight excluding hydrogens is 386 g/mol. The molecule has 5 heteroatoms. The molecular formula is C24H26ClNO3. The van der Waals surface area contributed by atoms with Gasteiger partial charge in [-0.2, -0.15) is 0 Å². The van der Waals surface area contributed by atoms with Crippen LogP contribution in [-0.4, -0.2) is 26.0 Å². The lowest BCUT2D eigenvalue weighted by Gasteiger charge is -2.28. The van der Waals surface area contributed by atoms with E-state index < -0.39 is 0 Å². The largest absolute Gasteiger partial charge is 0.493 e. The Morgan fingerprint density at radius 2 is 1.86 bits per heavy atom. The van der Waals surface area contributed by atoms with E-state index in [1.165, 1.54) is 12.7 Å². The van der Waals surface area contributed by atoms with Crippen molar-refractivity contribution in [3.8, 4) is 11.5 Å². The first-order valence-electron chi connectivity index (χ1n) is 9.54. The first-order chi connectivity index (χ1) is 13.9. The number of hydrogen-bond donors (Lipinski definition) is 0. The summed E-state index contributed by atoms with van der Waals surface area (Å²) in [5.74, 6) is 1.09. The molecule has 1 heterocycles. The van der Waals surface area contributed by atoms with Crippen LogP contribution in [-0.2, 0) is 0 Å². The Bertz CT molecular complexity index is 976. The maximum Gasteiger partial charge on any atom is 0.199 e. The van der Waals surface area contributed by atoms with Gasteiger partial charge < -0.3 is 14.4 Å². The van der Waals surface area contributed by atoms with Gasteiger partial charge in [0.1, 0.15) is 0 Å². The van der Waals surface area contributed by atoms with Crippen LogP contribution in [0, 0.1) is 5.92 Å². The fourth-order valence-electron chi connectivity index (χ4n) is 3.64. The van der Waals surface area contributed by atoms with Gasteiger partial charge in [0.2, 0.25) is 0 Å². The molecule has 0 bridgehead atoms. The van der Waals surface area contributed by atoms with Crippen molar-refractivity contribution in [1.82, 2.24) is 0 Å². The molecule has 3 rings (SSSR count). The number of hydrogen-bond acceptors (Lipinski definition) is 4. The average Bonchev–Trinajstić information content (AvgIpc) is 3.06. The molecule has 2 aromatic carbocycles. The Morgan fingerprint density at radius 3 is 2.52 bits per heavy atom. The second kappa shape index (κ2) is 8.75. The Hall–Kier alpha value is -2.72. The molecule has 29 heavy (non-hydrogen) atoms. The topological polar surface area (TPSA) is 38.8 Å². The minimum absolute atomic E-state index is 0.139. The summed E-state index contributed by atoms with van der Waals surface area (Å²) in [6, 6.07) is 10.9. The molecule has 0 aliphatic carbocycles. The quantitative estimate of drug-likeness (QED) is 0.438. The van der Waals surface area contributed by atoms with Crippen molar-refractivity contribution in [1.29, 1.82) is 0 Å². The molecule has 2 aromatic rings. The van der Waals surface area contributed by atoms with Gasteiger partial charge >= 0.3 is 0 Å². The lowest BCUT2D eigenvalue weighted by atomic mass is 9.97. The lowest BCUT2D eigenvalue weighted by molar-refractivity contribution is 0.103. The summed E-state index contributed by atoms with van der Waals surface area (Å²) in [6.07, 6.45) is 6.41. The molecule has 0 N–H and O–H groups in total. The van der Waals surface area contributed by atoms with Gasteiger partial charge in [-0.25, -0.2) is 0 Å². The van der Waals surface area contributed by atoms with Gasteiger partial charge in [0.25, 0.3) is 0 Å². The van der Waals surface area contributed by atoms with Crippen LogP contribution >= 0.6 is 11.6 Å². The third-order valence-corrected chi connectivity index (χ3v) is 5.28. The summed E-state index contributed by atoms with van der Waals surface area (Å²) in [5.41, 5.74) is 3.00. The van der Waals surface area contributed by atoms with Crippen molar-refractivity contribution in [3.63, 3.8) is 0 Å². The van der Waals surface area contributed by atoms with E-state index >= 15 is 0 Å². The van der Waals surface area contributed by atoms with Gasteiger partial charge in [-0.05, 0) is 44.2 Å². The zero-order valence-corrected chi connectivity index (χ0v) is 18.2. The SMILES string of the molecule is COc1cccc(C(=O)c2cc(Cl)ccc2N2C=CC(C)C2C=C(C)C)c1OC. The van der Waals surface area contributed by atoms with E-state index in [1.54, 1.807) is 31.4 Å². The van der Waals surface area contributed by atoms with Gasteiger partial charge in [0.05, 0.1) is 31.5 Å². The summed E-state index contributed by atoms with van der Waals surface area (Å²) in [7, 11) is 3.08. The highest BCUT2D eigenvalue weighted by Crippen LogP contribution is 2.37.